The third kappa shape index (κ3) is 2.72. The van der Waals surface area contributed by atoms with Crippen LogP contribution in [-0.4, -0.2) is 28.6 Å². The van der Waals surface area contributed by atoms with Gasteiger partial charge in [0.15, 0.2) is 0 Å². The van der Waals surface area contributed by atoms with Crippen molar-refractivity contribution < 1.29 is 4.42 Å². The van der Waals surface area contributed by atoms with Gasteiger partial charge in [0.05, 0.1) is 6.26 Å². The van der Waals surface area contributed by atoms with Crippen molar-refractivity contribution in [3.63, 3.8) is 0 Å². The van der Waals surface area contributed by atoms with Crippen molar-refractivity contribution in [2.75, 3.05) is 17.3 Å². The van der Waals surface area contributed by atoms with E-state index in [0.29, 0.717) is 5.25 Å². The smallest absolute Gasteiger partial charge is 0.105 e. The number of furan rings is 1. The molecule has 2 nitrogen and oxygen atoms in total. The number of hydrogen-bond acceptors (Lipinski definition) is 4. The predicted molar refractivity (Wildman–Crippen MR) is 64.0 cm³/mol. The molecule has 0 amide bonds. The topological polar surface area (TPSA) is 39.2 Å². The van der Waals surface area contributed by atoms with Crippen LogP contribution in [0.1, 0.15) is 5.76 Å². The summed E-state index contributed by atoms with van der Waals surface area (Å²) in [5.74, 6) is 4.70. The highest BCUT2D eigenvalue weighted by molar-refractivity contribution is 8.06. The molecule has 4 heteroatoms. The predicted octanol–water partition coefficient (Wildman–Crippen LogP) is 2.00. The summed E-state index contributed by atoms with van der Waals surface area (Å²) in [5, 5.41) is 0.596. The summed E-state index contributed by atoms with van der Waals surface area (Å²) in [6.45, 7) is 0. The fraction of sp³-hybridized carbons (Fsp3) is 0.600. The van der Waals surface area contributed by atoms with Gasteiger partial charge >= 0.3 is 0 Å². The van der Waals surface area contributed by atoms with Crippen molar-refractivity contribution in [1.82, 2.24) is 0 Å². The summed E-state index contributed by atoms with van der Waals surface area (Å²) in [7, 11) is 0. The number of thioether (sulfide) groups is 2. The van der Waals surface area contributed by atoms with Crippen molar-refractivity contribution >= 4 is 23.5 Å². The molecule has 2 rings (SSSR count). The minimum atomic E-state index is 0.235. The number of nitrogens with two attached hydrogens (primary N) is 1. The van der Waals surface area contributed by atoms with E-state index < -0.39 is 0 Å². The molecule has 1 aliphatic rings. The molecule has 0 bridgehead atoms. The first-order chi connectivity index (χ1) is 6.86. The van der Waals surface area contributed by atoms with Crippen LogP contribution in [0.25, 0.3) is 0 Å². The zero-order valence-electron chi connectivity index (χ0n) is 8.02. The highest BCUT2D eigenvalue weighted by Gasteiger charge is 2.22. The van der Waals surface area contributed by atoms with E-state index in [2.05, 4.69) is 0 Å². The Morgan fingerprint density at radius 2 is 2.50 bits per heavy atom. The molecule has 14 heavy (non-hydrogen) atoms. The van der Waals surface area contributed by atoms with E-state index in [1.165, 1.54) is 17.3 Å². The summed E-state index contributed by atoms with van der Waals surface area (Å²) < 4.78 is 5.30. The highest BCUT2D eigenvalue weighted by atomic mass is 32.2. The zero-order chi connectivity index (χ0) is 9.80. The fourth-order valence-electron chi connectivity index (χ4n) is 1.55. The van der Waals surface area contributed by atoms with Crippen molar-refractivity contribution in [2.45, 2.75) is 17.7 Å². The lowest BCUT2D eigenvalue weighted by Crippen LogP contribution is -2.38. The largest absolute Gasteiger partial charge is 0.469 e. The first kappa shape index (κ1) is 10.5. The monoisotopic (exact) mass is 229 g/mol. The molecule has 2 heterocycles. The van der Waals surface area contributed by atoms with Crippen molar-refractivity contribution in [3.8, 4) is 0 Å². The Labute approximate surface area is 93.0 Å². The van der Waals surface area contributed by atoms with Gasteiger partial charge in [-0.15, -0.1) is 0 Å². The first-order valence-electron chi connectivity index (χ1n) is 4.83. The van der Waals surface area contributed by atoms with Crippen LogP contribution in [-0.2, 0) is 6.42 Å². The minimum absolute atomic E-state index is 0.235. The standard InChI is InChI=1S/C10H15NOS2/c11-9(6-8-2-1-3-12-8)10-7-13-4-5-14-10/h1-3,9-10H,4-7,11H2. The molecule has 1 aliphatic heterocycles. The Morgan fingerprint density at radius 1 is 1.57 bits per heavy atom. The van der Waals surface area contributed by atoms with Crippen LogP contribution >= 0.6 is 23.5 Å². The van der Waals surface area contributed by atoms with Gasteiger partial charge in [0.1, 0.15) is 5.76 Å². The average molecular weight is 229 g/mol. The van der Waals surface area contributed by atoms with E-state index in [-0.39, 0.29) is 6.04 Å². The fourth-order valence-corrected chi connectivity index (χ4v) is 4.37. The number of hydrogen-bond donors (Lipinski definition) is 1. The van der Waals surface area contributed by atoms with Gasteiger partial charge < -0.3 is 10.2 Å². The van der Waals surface area contributed by atoms with Crippen LogP contribution < -0.4 is 5.73 Å². The second kappa shape index (κ2) is 5.14. The van der Waals surface area contributed by atoms with Crippen molar-refractivity contribution in [3.05, 3.63) is 24.2 Å². The number of rotatable bonds is 3. The Bertz CT molecular complexity index is 257. The van der Waals surface area contributed by atoms with Gasteiger partial charge in [-0.3, -0.25) is 0 Å². The summed E-state index contributed by atoms with van der Waals surface area (Å²) in [5.41, 5.74) is 6.15. The molecule has 1 saturated heterocycles. The van der Waals surface area contributed by atoms with Crippen LogP contribution in [0.3, 0.4) is 0 Å². The molecule has 0 saturated carbocycles. The Kier molecular flexibility index (Phi) is 3.84. The first-order valence-corrected chi connectivity index (χ1v) is 7.04. The van der Waals surface area contributed by atoms with E-state index in [0.717, 1.165) is 12.2 Å². The molecule has 1 fully saturated rings. The van der Waals surface area contributed by atoms with Gasteiger partial charge in [0, 0.05) is 35.0 Å². The molecule has 2 unspecified atom stereocenters. The third-order valence-electron chi connectivity index (χ3n) is 2.34. The average Bonchev–Trinajstić information content (AvgIpc) is 2.72. The van der Waals surface area contributed by atoms with E-state index in [1.54, 1.807) is 6.26 Å². The molecule has 1 aromatic heterocycles. The lowest BCUT2D eigenvalue weighted by molar-refractivity contribution is 0.483. The molecule has 0 aliphatic carbocycles. The van der Waals surface area contributed by atoms with Crippen molar-refractivity contribution in [1.29, 1.82) is 0 Å². The Balaban J connectivity index is 1.85. The van der Waals surface area contributed by atoms with Crippen LogP contribution in [0.15, 0.2) is 22.8 Å². The van der Waals surface area contributed by atoms with Crippen LogP contribution in [0.5, 0.6) is 0 Å². The summed E-state index contributed by atoms with van der Waals surface area (Å²) in [4.78, 5) is 0. The SMILES string of the molecule is NC(Cc1ccco1)C1CSCCS1. The van der Waals surface area contributed by atoms with Gasteiger partial charge in [0.25, 0.3) is 0 Å². The molecule has 78 valence electrons. The maximum atomic E-state index is 6.15. The van der Waals surface area contributed by atoms with Gasteiger partial charge in [-0.1, -0.05) is 0 Å². The van der Waals surface area contributed by atoms with Crippen LogP contribution in [0.2, 0.25) is 0 Å². The second-order valence-electron chi connectivity index (χ2n) is 3.43. The molecule has 0 radical (unpaired) electrons. The molecule has 0 spiro atoms. The van der Waals surface area contributed by atoms with Crippen molar-refractivity contribution in [2.24, 2.45) is 5.73 Å². The van der Waals surface area contributed by atoms with E-state index in [4.69, 9.17) is 10.2 Å². The molecule has 1 aromatic rings. The molecular formula is C10H15NOS2. The van der Waals surface area contributed by atoms with Gasteiger partial charge in [0.2, 0.25) is 0 Å². The minimum Gasteiger partial charge on any atom is -0.469 e. The Morgan fingerprint density at radius 3 is 3.14 bits per heavy atom. The zero-order valence-corrected chi connectivity index (χ0v) is 9.65. The highest BCUT2D eigenvalue weighted by Crippen LogP contribution is 2.26. The summed E-state index contributed by atoms with van der Waals surface area (Å²) in [6.07, 6.45) is 2.58. The maximum Gasteiger partial charge on any atom is 0.105 e. The quantitative estimate of drug-likeness (QED) is 0.860. The summed E-state index contributed by atoms with van der Waals surface area (Å²) >= 11 is 4.02. The molecule has 0 aromatic carbocycles. The Hall–Kier alpha value is -0.0600. The lowest BCUT2D eigenvalue weighted by atomic mass is 10.1. The van der Waals surface area contributed by atoms with E-state index in [9.17, 15) is 0 Å². The van der Waals surface area contributed by atoms with E-state index >= 15 is 0 Å². The van der Waals surface area contributed by atoms with E-state index in [1.807, 2.05) is 35.7 Å². The molecular weight excluding hydrogens is 214 g/mol. The van der Waals surface area contributed by atoms with Crippen LogP contribution in [0.4, 0.5) is 0 Å². The molecule has 2 N–H and O–H groups in total. The second-order valence-corrected chi connectivity index (χ2v) is 5.93. The lowest BCUT2D eigenvalue weighted by Gasteiger charge is -2.26. The van der Waals surface area contributed by atoms with Gasteiger partial charge in [-0.25, -0.2) is 0 Å². The maximum absolute atomic E-state index is 6.15. The van der Waals surface area contributed by atoms with Crippen LogP contribution in [0, 0.1) is 0 Å². The molecule has 2 atom stereocenters. The normalized spacial score (nSPS) is 24.8. The van der Waals surface area contributed by atoms with Gasteiger partial charge in [-0.05, 0) is 12.1 Å². The van der Waals surface area contributed by atoms with Gasteiger partial charge in [-0.2, -0.15) is 23.5 Å². The summed E-state index contributed by atoms with van der Waals surface area (Å²) in [6, 6.07) is 4.16. The third-order valence-corrected chi connectivity index (χ3v) is 5.28.